The Bertz CT molecular complexity index is 227. The van der Waals surface area contributed by atoms with Crippen LogP contribution in [-0.2, 0) is 0 Å². The Labute approximate surface area is 71.0 Å². The molecule has 0 aromatic heterocycles. The zero-order chi connectivity index (χ0) is 8.65. The van der Waals surface area contributed by atoms with Crippen LogP contribution in [0.1, 0.15) is 20.8 Å². The Morgan fingerprint density at radius 2 is 1.91 bits per heavy atom. The maximum atomic E-state index is 2.46. The number of hydrogen-bond acceptors (Lipinski definition) is 0. The van der Waals surface area contributed by atoms with Crippen LogP contribution >= 0.6 is 0 Å². The van der Waals surface area contributed by atoms with E-state index in [4.69, 9.17) is 0 Å². The van der Waals surface area contributed by atoms with Crippen LogP contribution < -0.4 is 0 Å². The zero-order valence-electron chi connectivity index (χ0n) is 8.28. The average Bonchev–Trinajstić information content (AvgIpc) is 2.04. The molecule has 1 aliphatic heterocycles. The van der Waals surface area contributed by atoms with Crippen LogP contribution in [0.15, 0.2) is 22.4 Å². The minimum absolute atomic E-state index is 1.01. The van der Waals surface area contributed by atoms with E-state index in [-0.39, 0.29) is 0 Å². The van der Waals surface area contributed by atoms with Crippen molar-refractivity contribution < 1.29 is 0 Å². The SMILES string of the molecule is CC1=CC(=C(C)C)[Si](C)(C)C1. The molecule has 0 bridgehead atoms. The molecule has 0 amide bonds. The summed E-state index contributed by atoms with van der Waals surface area (Å²) in [6, 6.07) is 1.37. The van der Waals surface area contributed by atoms with Crippen molar-refractivity contribution in [2.45, 2.75) is 39.9 Å². The zero-order valence-corrected chi connectivity index (χ0v) is 9.28. The molecule has 0 saturated carbocycles. The molecule has 0 saturated heterocycles. The molecular formula is C10H18Si. The average molecular weight is 166 g/mol. The highest BCUT2D eigenvalue weighted by atomic mass is 28.3. The van der Waals surface area contributed by atoms with Crippen LogP contribution in [-0.4, -0.2) is 8.07 Å². The predicted octanol–water partition coefficient (Wildman–Crippen LogP) is 3.53. The van der Waals surface area contributed by atoms with Crippen molar-refractivity contribution in [1.29, 1.82) is 0 Å². The molecule has 0 N–H and O–H groups in total. The van der Waals surface area contributed by atoms with E-state index in [0.29, 0.717) is 0 Å². The lowest BCUT2D eigenvalue weighted by atomic mass is 10.2. The van der Waals surface area contributed by atoms with Gasteiger partial charge in [0.1, 0.15) is 0 Å². The first-order valence-corrected chi connectivity index (χ1v) is 7.49. The van der Waals surface area contributed by atoms with Crippen LogP contribution in [0, 0.1) is 0 Å². The summed E-state index contributed by atoms with van der Waals surface area (Å²) < 4.78 is 0. The van der Waals surface area contributed by atoms with Gasteiger partial charge < -0.3 is 0 Å². The lowest BCUT2D eigenvalue weighted by Gasteiger charge is -2.18. The lowest BCUT2D eigenvalue weighted by Crippen LogP contribution is -2.24. The maximum Gasteiger partial charge on any atom is 0.0845 e. The van der Waals surface area contributed by atoms with Crippen molar-refractivity contribution in [2.75, 3.05) is 0 Å². The Hall–Kier alpha value is -0.303. The molecular weight excluding hydrogens is 148 g/mol. The quantitative estimate of drug-likeness (QED) is 0.483. The van der Waals surface area contributed by atoms with Gasteiger partial charge >= 0.3 is 0 Å². The molecule has 0 spiro atoms. The van der Waals surface area contributed by atoms with Crippen molar-refractivity contribution in [3.63, 3.8) is 0 Å². The molecule has 0 fully saturated rings. The predicted molar refractivity (Wildman–Crippen MR) is 54.4 cm³/mol. The summed E-state index contributed by atoms with van der Waals surface area (Å²) in [5, 5.41) is 1.68. The minimum Gasteiger partial charge on any atom is -0.0772 e. The summed E-state index contributed by atoms with van der Waals surface area (Å²) in [6.07, 6.45) is 2.40. The van der Waals surface area contributed by atoms with Crippen molar-refractivity contribution in [3.05, 3.63) is 22.4 Å². The van der Waals surface area contributed by atoms with Gasteiger partial charge in [-0.3, -0.25) is 0 Å². The fourth-order valence-electron chi connectivity index (χ4n) is 2.11. The highest BCUT2D eigenvalue weighted by Gasteiger charge is 2.30. The molecule has 1 rings (SSSR count). The van der Waals surface area contributed by atoms with Crippen LogP contribution in [0.2, 0.25) is 19.1 Å². The Balaban J connectivity index is 3.06. The lowest BCUT2D eigenvalue weighted by molar-refractivity contribution is 1.36. The van der Waals surface area contributed by atoms with E-state index in [1.807, 2.05) is 0 Å². The first kappa shape index (κ1) is 8.79. The first-order valence-electron chi connectivity index (χ1n) is 4.28. The van der Waals surface area contributed by atoms with Gasteiger partial charge in [0.05, 0.1) is 8.07 Å². The molecule has 0 aromatic rings. The van der Waals surface area contributed by atoms with E-state index >= 15 is 0 Å². The van der Waals surface area contributed by atoms with Crippen molar-refractivity contribution >= 4 is 8.07 Å². The molecule has 0 nitrogen and oxygen atoms in total. The molecule has 0 radical (unpaired) electrons. The smallest absolute Gasteiger partial charge is 0.0772 e. The second-order valence-electron chi connectivity index (χ2n) is 4.47. The number of allylic oxidation sites excluding steroid dienone is 4. The first-order chi connectivity index (χ1) is 4.93. The van der Waals surface area contributed by atoms with Gasteiger partial charge in [0.2, 0.25) is 0 Å². The largest absolute Gasteiger partial charge is 0.0845 e. The molecule has 1 aliphatic rings. The van der Waals surface area contributed by atoms with Crippen molar-refractivity contribution in [1.82, 2.24) is 0 Å². The molecule has 0 atom stereocenters. The number of rotatable bonds is 0. The van der Waals surface area contributed by atoms with Crippen LogP contribution in [0.25, 0.3) is 0 Å². The molecule has 0 aliphatic carbocycles. The molecule has 1 heteroatoms. The summed E-state index contributed by atoms with van der Waals surface area (Å²) >= 11 is 0. The van der Waals surface area contributed by atoms with Gasteiger partial charge in [-0.25, -0.2) is 0 Å². The van der Waals surface area contributed by atoms with E-state index in [1.165, 1.54) is 11.6 Å². The van der Waals surface area contributed by atoms with Crippen LogP contribution in [0.5, 0.6) is 0 Å². The highest BCUT2D eigenvalue weighted by molar-refractivity contribution is 6.86. The summed E-state index contributed by atoms with van der Waals surface area (Å²) in [6.45, 7) is 11.6. The Morgan fingerprint density at radius 3 is 2.09 bits per heavy atom. The second kappa shape index (κ2) is 2.63. The van der Waals surface area contributed by atoms with Crippen LogP contribution in [0.3, 0.4) is 0 Å². The van der Waals surface area contributed by atoms with E-state index in [1.54, 1.807) is 10.8 Å². The van der Waals surface area contributed by atoms with Gasteiger partial charge in [-0.1, -0.05) is 35.5 Å². The highest BCUT2D eigenvalue weighted by Crippen LogP contribution is 2.34. The van der Waals surface area contributed by atoms with E-state index in [0.717, 1.165) is 0 Å². The van der Waals surface area contributed by atoms with E-state index in [2.05, 4.69) is 39.9 Å². The molecule has 62 valence electrons. The summed E-state index contributed by atoms with van der Waals surface area (Å²) in [5.74, 6) is 0. The third kappa shape index (κ3) is 1.64. The molecule has 1 heterocycles. The number of hydrogen-bond donors (Lipinski definition) is 0. The molecule has 11 heavy (non-hydrogen) atoms. The van der Waals surface area contributed by atoms with Gasteiger partial charge in [0.25, 0.3) is 0 Å². The maximum absolute atomic E-state index is 2.46. The van der Waals surface area contributed by atoms with Gasteiger partial charge in [0.15, 0.2) is 0 Å². The minimum atomic E-state index is -1.01. The fourth-order valence-corrected chi connectivity index (χ4v) is 5.78. The van der Waals surface area contributed by atoms with Gasteiger partial charge in [-0.15, -0.1) is 0 Å². The Kier molecular flexibility index (Phi) is 2.10. The van der Waals surface area contributed by atoms with E-state index < -0.39 is 8.07 Å². The second-order valence-corrected chi connectivity index (χ2v) is 9.13. The monoisotopic (exact) mass is 166 g/mol. The molecule has 0 aromatic carbocycles. The van der Waals surface area contributed by atoms with Gasteiger partial charge in [-0.05, 0) is 26.8 Å². The third-order valence-corrected chi connectivity index (χ3v) is 5.92. The van der Waals surface area contributed by atoms with Gasteiger partial charge in [-0.2, -0.15) is 0 Å². The summed E-state index contributed by atoms with van der Waals surface area (Å²) in [7, 11) is -1.01. The fraction of sp³-hybridized carbons (Fsp3) is 0.600. The topological polar surface area (TPSA) is 0 Å². The summed E-state index contributed by atoms with van der Waals surface area (Å²) in [4.78, 5) is 0. The van der Waals surface area contributed by atoms with E-state index in [9.17, 15) is 0 Å². The Morgan fingerprint density at radius 1 is 1.36 bits per heavy atom. The normalized spacial score (nSPS) is 21.9. The summed E-state index contributed by atoms with van der Waals surface area (Å²) in [5.41, 5.74) is 3.11. The van der Waals surface area contributed by atoms with Crippen molar-refractivity contribution in [2.24, 2.45) is 0 Å². The standard InChI is InChI=1S/C10H18Si/c1-8(2)10-6-9(3)7-11(10,4)5/h6H,7H2,1-5H3. The van der Waals surface area contributed by atoms with Crippen LogP contribution in [0.4, 0.5) is 0 Å². The van der Waals surface area contributed by atoms with Crippen molar-refractivity contribution in [3.8, 4) is 0 Å². The van der Waals surface area contributed by atoms with Gasteiger partial charge in [0, 0.05) is 0 Å². The molecule has 0 unspecified atom stereocenters. The third-order valence-electron chi connectivity index (χ3n) is 2.38.